The van der Waals surface area contributed by atoms with Gasteiger partial charge in [0.15, 0.2) is 0 Å². The molecule has 0 aromatic rings. The van der Waals surface area contributed by atoms with E-state index in [0.29, 0.717) is 11.3 Å². The topological polar surface area (TPSA) is 20.2 Å². The van der Waals surface area contributed by atoms with Crippen molar-refractivity contribution in [3.8, 4) is 0 Å². The number of rotatable bonds is 3. The number of aliphatic hydroxyl groups is 1. The standard InChI is InChI=1S/C18H34O/c1-5-17(3,4)15-10-12-18(19,13-11-15)16-8-6-14(2)7-9-16/h14-16,19H,5-13H2,1-4H3. The largest absolute Gasteiger partial charge is 0.390 e. The van der Waals surface area contributed by atoms with Crippen molar-refractivity contribution in [3.63, 3.8) is 0 Å². The normalized spacial score (nSPS) is 41.2. The predicted molar refractivity (Wildman–Crippen MR) is 82.1 cm³/mol. The zero-order valence-corrected chi connectivity index (χ0v) is 13.5. The molecule has 2 fully saturated rings. The van der Waals surface area contributed by atoms with Crippen LogP contribution in [0.1, 0.15) is 85.5 Å². The van der Waals surface area contributed by atoms with E-state index >= 15 is 0 Å². The van der Waals surface area contributed by atoms with Gasteiger partial charge in [0, 0.05) is 0 Å². The Morgan fingerprint density at radius 1 is 1.00 bits per heavy atom. The highest BCUT2D eigenvalue weighted by atomic mass is 16.3. The molecule has 112 valence electrons. The van der Waals surface area contributed by atoms with Crippen LogP contribution >= 0.6 is 0 Å². The molecule has 0 saturated heterocycles. The van der Waals surface area contributed by atoms with E-state index in [4.69, 9.17) is 0 Å². The summed E-state index contributed by atoms with van der Waals surface area (Å²) in [6.45, 7) is 9.49. The lowest BCUT2D eigenvalue weighted by Gasteiger charge is -2.47. The Hall–Kier alpha value is -0.0400. The highest BCUT2D eigenvalue weighted by molar-refractivity contribution is 4.95. The van der Waals surface area contributed by atoms with E-state index in [0.717, 1.165) is 24.7 Å². The maximum atomic E-state index is 11.0. The molecule has 0 amide bonds. The lowest BCUT2D eigenvalue weighted by atomic mass is 9.61. The second kappa shape index (κ2) is 5.76. The molecule has 0 bridgehead atoms. The minimum absolute atomic E-state index is 0.319. The Morgan fingerprint density at radius 3 is 2.00 bits per heavy atom. The van der Waals surface area contributed by atoms with Crippen LogP contribution in [0.25, 0.3) is 0 Å². The first-order chi connectivity index (χ1) is 8.87. The SMILES string of the molecule is CCC(C)(C)C1CCC(O)(C2CCC(C)CC2)CC1. The lowest BCUT2D eigenvalue weighted by Crippen LogP contribution is -2.44. The molecule has 1 nitrogen and oxygen atoms in total. The Balaban J connectivity index is 1.91. The van der Waals surface area contributed by atoms with E-state index in [2.05, 4.69) is 27.7 Å². The van der Waals surface area contributed by atoms with Gasteiger partial charge in [-0.25, -0.2) is 0 Å². The van der Waals surface area contributed by atoms with Crippen LogP contribution in [0.3, 0.4) is 0 Å². The van der Waals surface area contributed by atoms with Crippen LogP contribution in [-0.2, 0) is 0 Å². The molecule has 2 aliphatic rings. The van der Waals surface area contributed by atoms with Crippen LogP contribution in [0.5, 0.6) is 0 Å². The van der Waals surface area contributed by atoms with Crippen molar-refractivity contribution in [3.05, 3.63) is 0 Å². The molecule has 0 heterocycles. The number of hydrogen-bond donors (Lipinski definition) is 1. The Morgan fingerprint density at radius 2 is 1.53 bits per heavy atom. The van der Waals surface area contributed by atoms with Crippen molar-refractivity contribution in [1.29, 1.82) is 0 Å². The minimum atomic E-state index is -0.319. The maximum Gasteiger partial charge on any atom is 0.0676 e. The maximum absolute atomic E-state index is 11.0. The average Bonchev–Trinajstić information content (AvgIpc) is 2.40. The summed E-state index contributed by atoms with van der Waals surface area (Å²) in [7, 11) is 0. The monoisotopic (exact) mass is 266 g/mol. The van der Waals surface area contributed by atoms with Crippen molar-refractivity contribution in [2.24, 2.45) is 23.2 Å². The second-order valence-corrected chi connectivity index (χ2v) is 8.18. The molecule has 2 saturated carbocycles. The molecule has 0 aromatic heterocycles. The van der Waals surface area contributed by atoms with Crippen LogP contribution in [0.2, 0.25) is 0 Å². The van der Waals surface area contributed by atoms with E-state index in [1.54, 1.807) is 0 Å². The van der Waals surface area contributed by atoms with Crippen LogP contribution in [0.4, 0.5) is 0 Å². The van der Waals surface area contributed by atoms with E-state index < -0.39 is 0 Å². The molecule has 0 atom stereocenters. The molecule has 0 radical (unpaired) electrons. The van der Waals surface area contributed by atoms with Crippen molar-refractivity contribution in [2.45, 2.75) is 91.1 Å². The van der Waals surface area contributed by atoms with E-state index in [1.807, 2.05) is 0 Å². The van der Waals surface area contributed by atoms with Gasteiger partial charge in [0.25, 0.3) is 0 Å². The van der Waals surface area contributed by atoms with Crippen LogP contribution in [0.15, 0.2) is 0 Å². The predicted octanol–water partition coefficient (Wildman–Crippen LogP) is 5.17. The fourth-order valence-corrected chi connectivity index (χ4v) is 4.39. The summed E-state index contributed by atoms with van der Waals surface area (Å²) in [5.41, 5.74) is 0.142. The van der Waals surface area contributed by atoms with Crippen molar-refractivity contribution in [1.82, 2.24) is 0 Å². The third-order valence-corrected chi connectivity index (χ3v) is 6.64. The molecule has 1 N–H and O–H groups in total. The third kappa shape index (κ3) is 3.35. The molecule has 2 rings (SSSR count). The van der Waals surface area contributed by atoms with Crippen molar-refractivity contribution in [2.75, 3.05) is 0 Å². The molecular formula is C18H34O. The fraction of sp³-hybridized carbons (Fsp3) is 1.00. The van der Waals surface area contributed by atoms with Gasteiger partial charge >= 0.3 is 0 Å². The van der Waals surface area contributed by atoms with Gasteiger partial charge in [0.1, 0.15) is 0 Å². The zero-order chi connectivity index (χ0) is 14.1. The molecule has 0 spiro atoms. The molecule has 2 aliphatic carbocycles. The van der Waals surface area contributed by atoms with Gasteiger partial charge in [0.05, 0.1) is 5.60 Å². The molecule has 19 heavy (non-hydrogen) atoms. The fourth-order valence-electron chi connectivity index (χ4n) is 4.39. The summed E-state index contributed by atoms with van der Waals surface area (Å²) in [6.07, 6.45) is 11.0. The Labute approximate surface area is 120 Å². The van der Waals surface area contributed by atoms with Gasteiger partial charge in [0.2, 0.25) is 0 Å². The van der Waals surface area contributed by atoms with Gasteiger partial charge in [-0.2, -0.15) is 0 Å². The summed E-state index contributed by atoms with van der Waals surface area (Å²) in [5.74, 6) is 2.30. The van der Waals surface area contributed by atoms with Gasteiger partial charge in [-0.1, -0.05) is 47.0 Å². The Bertz CT molecular complexity index is 278. The first-order valence-electron chi connectivity index (χ1n) is 8.60. The molecular weight excluding hydrogens is 232 g/mol. The Kier molecular flexibility index (Phi) is 4.65. The van der Waals surface area contributed by atoms with Gasteiger partial charge in [-0.15, -0.1) is 0 Å². The van der Waals surface area contributed by atoms with E-state index in [9.17, 15) is 5.11 Å². The molecule has 0 unspecified atom stereocenters. The van der Waals surface area contributed by atoms with Crippen molar-refractivity contribution < 1.29 is 5.11 Å². The number of hydrogen-bond acceptors (Lipinski definition) is 1. The molecule has 1 heteroatoms. The van der Waals surface area contributed by atoms with Crippen LogP contribution in [0, 0.1) is 23.2 Å². The first kappa shape index (κ1) is 15.4. The van der Waals surface area contributed by atoms with E-state index in [-0.39, 0.29) is 5.60 Å². The van der Waals surface area contributed by atoms with Gasteiger partial charge < -0.3 is 5.11 Å². The second-order valence-electron chi connectivity index (χ2n) is 8.18. The molecule has 0 aliphatic heterocycles. The highest BCUT2D eigenvalue weighted by Gasteiger charge is 2.43. The minimum Gasteiger partial charge on any atom is -0.390 e. The first-order valence-corrected chi connectivity index (χ1v) is 8.60. The summed E-state index contributed by atoms with van der Waals surface area (Å²) in [5, 5.41) is 11.0. The van der Waals surface area contributed by atoms with E-state index in [1.165, 1.54) is 44.9 Å². The molecule has 0 aromatic carbocycles. The highest BCUT2D eigenvalue weighted by Crippen LogP contribution is 2.48. The van der Waals surface area contributed by atoms with Crippen LogP contribution < -0.4 is 0 Å². The van der Waals surface area contributed by atoms with Crippen molar-refractivity contribution >= 4 is 0 Å². The third-order valence-electron chi connectivity index (χ3n) is 6.64. The lowest BCUT2D eigenvalue weighted by molar-refractivity contribution is -0.0843. The smallest absolute Gasteiger partial charge is 0.0676 e. The van der Waals surface area contributed by atoms with Crippen LogP contribution in [-0.4, -0.2) is 10.7 Å². The zero-order valence-electron chi connectivity index (χ0n) is 13.5. The van der Waals surface area contributed by atoms with Gasteiger partial charge in [-0.05, 0) is 61.7 Å². The average molecular weight is 266 g/mol. The quantitative estimate of drug-likeness (QED) is 0.747. The van der Waals surface area contributed by atoms with Gasteiger partial charge in [-0.3, -0.25) is 0 Å². The summed E-state index contributed by atoms with van der Waals surface area (Å²) in [4.78, 5) is 0. The summed E-state index contributed by atoms with van der Waals surface area (Å²) < 4.78 is 0. The summed E-state index contributed by atoms with van der Waals surface area (Å²) in [6, 6.07) is 0. The summed E-state index contributed by atoms with van der Waals surface area (Å²) >= 11 is 0.